The van der Waals surface area contributed by atoms with Crippen molar-refractivity contribution in [3.63, 3.8) is 0 Å². The molecule has 38 heavy (non-hydrogen) atoms. The number of aliphatic hydroxyl groups is 1. The number of β-amino-alcohol motifs (C(OH)–C–C–N with tert-alkyl or cyclic N) is 1. The molecule has 4 rings (SSSR count). The van der Waals surface area contributed by atoms with Crippen molar-refractivity contribution in [3.05, 3.63) is 55.6 Å². The van der Waals surface area contributed by atoms with E-state index in [4.69, 9.17) is 0 Å². The van der Waals surface area contributed by atoms with Crippen molar-refractivity contribution in [2.75, 3.05) is 37.7 Å². The first-order valence-corrected chi connectivity index (χ1v) is 14.7. The minimum atomic E-state index is -0.707. The van der Waals surface area contributed by atoms with Gasteiger partial charge in [0.2, 0.25) is 17.7 Å². The Morgan fingerprint density at radius 3 is 2.50 bits per heavy atom. The van der Waals surface area contributed by atoms with E-state index in [1.807, 2.05) is 35.2 Å². The minimum absolute atomic E-state index is 0.0398. The van der Waals surface area contributed by atoms with Crippen LogP contribution in [0.15, 0.2) is 55.6 Å². The van der Waals surface area contributed by atoms with Gasteiger partial charge in [0.1, 0.15) is 6.04 Å². The molecule has 1 aromatic rings. The molecule has 0 saturated carbocycles. The Bertz CT molecular complexity index is 1050. The molecule has 3 saturated heterocycles. The fraction of sp³-hybridized carbons (Fsp3) is 0.567. The summed E-state index contributed by atoms with van der Waals surface area (Å²) >= 11 is 1.67. The van der Waals surface area contributed by atoms with Gasteiger partial charge in [0.15, 0.2) is 0 Å². The molecule has 8 heteroatoms. The molecule has 3 unspecified atom stereocenters. The summed E-state index contributed by atoms with van der Waals surface area (Å²) < 4.78 is -0.699. The zero-order chi connectivity index (χ0) is 27.4. The van der Waals surface area contributed by atoms with Crippen LogP contribution in [0.1, 0.15) is 39.5 Å². The Balaban J connectivity index is 1.73. The number of unbranched alkanes of at least 4 members (excludes halogenated alkanes) is 2. The SMILES string of the molecule is C=CCN(CCCCC)C(=O)C1N(CCO)C(=O)[C@@H]2[C@H](C(=O)N(CC=C)c3ccccc3)[C@@H]3CC(C)C12S3. The van der Waals surface area contributed by atoms with Crippen molar-refractivity contribution in [1.29, 1.82) is 0 Å². The second-order valence-electron chi connectivity index (χ2n) is 10.7. The number of anilines is 1. The monoisotopic (exact) mass is 539 g/mol. The van der Waals surface area contributed by atoms with Gasteiger partial charge in [-0.3, -0.25) is 14.4 Å². The van der Waals surface area contributed by atoms with Gasteiger partial charge in [-0.2, -0.15) is 0 Å². The number of carbonyl (C=O) groups excluding carboxylic acids is 3. The fourth-order valence-corrected chi connectivity index (χ4v) is 9.25. The van der Waals surface area contributed by atoms with Crippen LogP contribution in [-0.4, -0.2) is 81.5 Å². The highest BCUT2D eigenvalue weighted by atomic mass is 32.2. The molecule has 0 aliphatic carbocycles. The Morgan fingerprint density at radius 1 is 1.16 bits per heavy atom. The quantitative estimate of drug-likeness (QED) is 0.305. The number of aliphatic hydroxyl groups excluding tert-OH is 1. The molecule has 3 heterocycles. The van der Waals surface area contributed by atoms with E-state index < -0.39 is 22.6 Å². The molecule has 2 bridgehead atoms. The Kier molecular flexibility index (Phi) is 9.04. The molecule has 1 aromatic carbocycles. The highest BCUT2D eigenvalue weighted by Gasteiger charge is 2.76. The average molecular weight is 540 g/mol. The smallest absolute Gasteiger partial charge is 0.247 e. The fourth-order valence-electron chi connectivity index (χ4n) is 6.84. The molecule has 1 N–H and O–H groups in total. The molecule has 6 atom stereocenters. The number of nitrogens with zero attached hydrogens (tertiary/aromatic N) is 3. The maximum atomic E-state index is 14.2. The van der Waals surface area contributed by atoms with Crippen LogP contribution in [0.2, 0.25) is 0 Å². The number of rotatable bonds is 13. The van der Waals surface area contributed by atoms with Gasteiger partial charge in [-0.05, 0) is 30.9 Å². The van der Waals surface area contributed by atoms with Crippen molar-refractivity contribution in [2.45, 2.75) is 55.6 Å². The van der Waals surface area contributed by atoms with Crippen LogP contribution in [0.3, 0.4) is 0 Å². The Morgan fingerprint density at radius 2 is 1.87 bits per heavy atom. The summed E-state index contributed by atoms with van der Waals surface area (Å²) in [6, 6.07) is 8.77. The van der Waals surface area contributed by atoms with E-state index >= 15 is 0 Å². The third-order valence-electron chi connectivity index (χ3n) is 8.44. The second-order valence-corrected chi connectivity index (χ2v) is 12.2. The summed E-state index contributed by atoms with van der Waals surface area (Å²) in [7, 11) is 0. The van der Waals surface area contributed by atoms with E-state index in [1.54, 1.807) is 33.7 Å². The normalized spacial score (nSPS) is 29.3. The van der Waals surface area contributed by atoms with Gasteiger partial charge in [0.25, 0.3) is 0 Å². The standard InChI is InChI=1S/C30H41N3O4S/c1-5-8-12-17-31(15-6-2)29(37)26-30-21(4)20-23(38-30)24(25(30)28(36)33(26)18-19-34)27(35)32(16-7-3)22-13-10-9-11-14-22/h6-7,9-11,13-14,21,23-26,34H,2-3,5,8,12,15-20H2,1,4H3/t21?,23-,24+,25-,26?,30?/m0/s1. The van der Waals surface area contributed by atoms with Gasteiger partial charge >= 0.3 is 0 Å². The topological polar surface area (TPSA) is 81.2 Å². The number of amides is 3. The zero-order valence-electron chi connectivity index (χ0n) is 22.6. The number of hydrogen-bond acceptors (Lipinski definition) is 5. The second kappa shape index (κ2) is 12.1. The van der Waals surface area contributed by atoms with E-state index in [0.29, 0.717) is 19.6 Å². The molecule has 0 radical (unpaired) electrons. The summed E-state index contributed by atoms with van der Waals surface area (Å²) in [5.74, 6) is -1.43. The van der Waals surface area contributed by atoms with Gasteiger partial charge in [0.05, 0.1) is 23.2 Å². The lowest BCUT2D eigenvalue weighted by Crippen LogP contribution is -2.57. The molecule has 3 aliphatic heterocycles. The molecule has 0 aromatic heterocycles. The van der Waals surface area contributed by atoms with E-state index in [9.17, 15) is 19.5 Å². The van der Waals surface area contributed by atoms with Crippen molar-refractivity contribution in [3.8, 4) is 0 Å². The summed E-state index contributed by atoms with van der Waals surface area (Å²) in [6.45, 7) is 13.2. The van der Waals surface area contributed by atoms with E-state index in [2.05, 4.69) is 27.0 Å². The molecule has 3 aliphatic rings. The first kappa shape index (κ1) is 28.4. The third-order valence-corrected chi connectivity index (χ3v) is 10.5. The van der Waals surface area contributed by atoms with E-state index in [1.165, 1.54) is 0 Å². The number of para-hydroxylation sites is 1. The summed E-state index contributed by atoms with van der Waals surface area (Å²) in [6.07, 6.45) is 7.15. The van der Waals surface area contributed by atoms with Crippen molar-refractivity contribution >= 4 is 35.2 Å². The third kappa shape index (κ3) is 4.70. The highest BCUT2D eigenvalue weighted by molar-refractivity contribution is 8.02. The molecule has 7 nitrogen and oxygen atoms in total. The maximum absolute atomic E-state index is 14.2. The summed E-state index contributed by atoms with van der Waals surface area (Å²) in [5.41, 5.74) is 0.769. The number of likely N-dealkylation sites (tertiary alicyclic amines) is 1. The number of fused-ring (bicyclic) bond motifs is 1. The van der Waals surface area contributed by atoms with Crippen molar-refractivity contribution < 1.29 is 19.5 Å². The Hall–Kier alpha value is -2.58. The number of hydrogen-bond donors (Lipinski definition) is 1. The summed E-state index contributed by atoms with van der Waals surface area (Å²) in [5, 5.41) is 9.87. The largest absolute Gasteiger partial charge is 0.395 e. The minimum Gasteiger partial charge on any atom is -0.395 e. The predicted molar refractivity (Wildman–Crippen MR) is 153 cm³/mol. The first-order chi connectivity index (χ1) is 18.4. The molecule has 3 amide bonds. The van der Waals surface area contributed by atoms with Gasteiger partial charge in [-0.1, -0.05) is 57.0 Å². The zero-order valence-corrected chi connectivity index (χ0v) is 23.4. The van der Waals surface area contributed by atoms with Gasteiger partial charge < -0.3 is 19.8 Å². The molecule has 1 spiro atoms. The molecule has 3 fully saturated rings. The lowest BCUT2D eigenvalue weighted by atomic mass is 9.65. The molecular weight excluding hydrogens is 498 g/mol. The van der Waals surface area contributed by atoms with Gasteiger partial charge in [-0.25, -0.2) is 0 Å². The van der Waals surface area contributed by atoms with Crippen LogP contribution in [0.5, 0.6) is 0 Å². The number of carbonyl (C=O) groups is 3. The first-order valence-electron chi connectivity index (χ1n) is 13.8. The lowest BCUT2D eigenvalue weighted by Gasteiger charge is -2.41. The van der Waals surface area contributed by atoms with Crippen LogP contribution < -0.4 is 4.90 Å². The maximum Gasteiger partial charge on any atom is 0.247 e. The van der Waals surface area contributed by atoms with Crippen LogP contribution in [0.25, 0.3) is 0 Å². The average Bonchev–Trinajstić information content (AvgIpc) is 3.51. The number of benzene rings is 1. The Labute approximate surface area is 230 Å². The van der Waals surface area contributed by atoms with Crippen molar-refractivity contribution in [1.82, 2.24) is 9.80 Å². The van der Waals surface area contributed by atoms with Gasteiger partial charge in [0, 0.05) is 37.1 Å². The lowest BCUT2D eigenvalue weighted by molar-refractivity contribution is -0.143. The van der Waals surface area contributed by atoms with Gasteiger partial charge in [-0.15, -0.1) is 24.9 Å². The molecular formula is C30H41N3O4S. The van der Waals surface area contributed by atoms with Crippen LogP contribution in [0, 0.1) is 17.8 Å². The number of thioether (sulfide) groups is 1. The predicted octanol–water partition coefficient (Wildman–Crippen LogP) is 3.74. The molecule has 206 valence electrons. The summed E-state index contributed by atoms with van der Waals surface area (Å²) in [4.78, 5) is 47.7. The van der Waals surface area contributed by atoms with Crippen LogP contribution in [0.4, 0.5) is 5.69 Å². The van der Waals surface area contributed by atoms with Crippen LogP contribution >= 0.6 is 11.8 Å². The van der Waals surface area contributed by atoms with Crippen LogP contribution in [-0.2, 0) is 14.4 Å². The van der Waals surface area contributed by atoms with E-state index in [0.717, 1.165) is 31.4 Å². The van der Waals surface area contributed by atoms with Crippen molar-refractivity contribution in [2.24, 2.45) is 17.8 Å². The highest BCUT2D eigenvalue weighted by Crippen LogP contribution is 2.68. The van der Waals surface area contributed by atoms with E-state index in [-0.39, 0.29) is 42.0 Å².